The second kappa shape index (κ2) is 6.78. The van der Waals surface area contributed by atoms with Crippen LogP contribution in [0.4, 0.5) is 18.3 Å². The normalized spacial score (nSPS) is 13.5. The molecule has 128 valence electrons. The van der Waals surface area contributed by atoms with E-state index in [-0.39, 0.29) is 0 Å². The third-order valence-electron chi connectivity index (χ3n) is 3.23. The standard InChI is InChI=1S/C15H13F3N2O3S/c16-15(17,18)8-22-6-13(21)20-14-19-11(7-24-14)9-1-2-12-10(5-9)3-4-23-12/h1-2,5,7H,3-4,6,8H2,(H,19,20,21). The Labute approximate surface area is 139 Å². The van der Waals surface area contributed by atoms with Crippen molar-refractivity contribution in [2.45, 2.75) is 12.6 Å². The molecule has 0 radical (unpaired) electrons. The molecule has 0 bridgehead atoms. The van der Waals surface area contributed by atoms with Gasteiger partial charge in [-0.1, -0.05) is 0 Å². The Morgan fingerprint density at radius 3 is 3.04 bits per heavy atom. The number of carbonyl (C=O) groups excluding carboxylic acids is 1. The zero-order valence-corrected chi connectivity index (χ0v) is 13.2. The first-order chi connectivity index (χ1) is 11.4. The Bertz CT molecular complexity index is 746. The van der Waals surface area contributed by atoms with Crippen LogP contribution >= 0.6 is 11.3 Å². The monoisotopic (exact) mass is 358 g/mol. The average molecular weight is 358 g/mol. The van der Waals surface area contributed by atoms with Crippen molar-refractivity contribution in [2.24, 2.45) is 0 Å². The lowest BCUT2D eigenvalue weighted by Gasteiger charge is -2.06. The molecule has 24 heavy (non-hydrogen) atoms. The van der Waals surface area contributed by atoms with Crippen LogP contribution in [-0.2, 0) is 16.0 Å². The van der Waals surface area contributed by atoms with Gasteiger partial charge in [0, 0.05) is 17.4 Å². The van der Waals surface area contributed by atoms with Crippen molar-refractivity contribution < 1.29 is 27.4 Å². The number of fused-ring (bicyclic) bond motifs is 1. The third-order valence-corrected chi connectivity index (χ3v) is 3.99. The maximum Gasteiger partial charge on any atom is 0.411 e. The summed E-state index contributed by atoms with van der Waals surface area (Å²) < 4.78 is 45.6. The van der Waals surface area contributed by atoms with E-state index in [4.69, 9.17) is 4.74 Å². The van der Waals surface area contributed by atoms with Gasteiger partial charge in [-0.25, -0.2) is 4.98 Å². The molecule has 1 aromatic carbocycles. The number of rotatable bonds is 5. The second-order valence-corrected chi connectivity index (χ2v) is 5.97. The van der Waals surface area contributed by atoms with E-state index in [1.165, 1.54) is 11.3 Å². The molecular weight excluding hydrogens is 345 g/mol. The van der Waals surface area contributed by atoms with Crippen molar-refractivity contribution in [1.82, 2.24) is 4.98 Å². The number of ether oxygens (including phenoxy) is 2. The van der Waals surface area contributed by atoms with E-state index in [1.54, 1.807) is 5.38 Å². The Morgan fingerprint density at radius 2 is 2.25 bits per heavy atom. The molecule has 0 unspecified atom stereocenters. The highest BCUT2D eigenvalue weighted by molar-refractivity contribution is 7.14. The summed E-state index contributed by atoms with van der Waals surface area (Å²) in [5.41, 5.74) is 2.68. The molecule has 1 aliphatic rings. The smallest absolute Gasteiger partial charge is 0.411 e. The van der Waals surface area contributed by atoms with Gasteiger partial charge in [0.2, 0.25) is 0 Å². The number of hydrogen-bond acceptors (Lipinski definition) is 5. The van der Waals surface area contributed by atoms with Gasteiger partial charge in [0.1, 0.15) is 19.0 Å². The molecule has 9 heteroatoms. The highest BCUT2D eigenvalue weighted by Crippen LogP contribution is 2.31. The molecule has 0 aliphatic carbocycles. The fraction of sp³-hybridized carbons (Fsp3) is 0.333. The number of aromatic nitrogens is 1. The minimum Gasteiger partial charge on any atom is -0.493 e. The fourth-order valence-corrected chi connectivity index (χ4v) is 2.96. The van der Waals surface area contributed by atoms with E-state index < -0.39 is 25.3 Å². The molecule has 1 amide bonds. The molecule has 1 aliphatic heterocycles. The van der Waals surface area contributed by atoms with E-state index >= 15 is 0 Å². The number of halogens is 3. The zero-order chi connectivity index (χ0) is 17.2. The van der Waals surface area contributed by atoms with E-state index in [0.29, 0.717) is 17.4 Å². The SMILES string of the molecule is O=C(COCC(F)(F)F)Nc1nc(-c2ccc3c(c2)CCO3)cs1. The van der Waals surface area contributed by atoms with E-state index in [2.05, 4.69) is 15.0 Å². The Balaban J connectivity index is 1.58. The highest BCUT2D eigenvalue weighted by atomic mass is 32.1. The quantitative estimate of drug-likeness (QED) is 0.891. The summed E-state index contributed by atoms with van der Waals surface area (Å²) in [6, 6.07) is 5.73. The van der Waals surface area contributed by atoms with Crippen molar-refractivity contribution in [2.75, 3.05) is 25.1 Å². The number of benzene rings is 1. The van der Waals surface area contributed by atoms with E-state index in [1.807, 2.05) is 18.2 Å². The molecule has 0 fully saturated rings. The second-order valence-electron chi connectivity index (χ2n) is 5.12. The average Bonchev–Trinajstić information content (AvgIpc) is 3.13. The third kappa shape index (κ3) is 4.24. The van der Waals surface area contributed by atoms with Crippen molar-refractivity contribution >= 4 is 22.4 Å². The summed E-state index contributed by atoms with van der Waals surface area (Å²) in [5, 5.41) is 4.50. The lowest BCUT2D eigenvalue weighted by atomic mass is 10.1. The van der Waals surface area contributed by atoms with Crippen LogP contribution in [0, 0.1) is 0 Å². The van der Waals surface area contributed by atoms with Gasteiger partial charge >= 0.3 is 6.18 Å². The van der Waals surface area contributed by atoms with Gasteiger partial charge in [-0.2, -0.15) is 13.2 Å². The van der Waals surface area contributed by atoms with Gasteiger partial charge in [-0.05, 0) is 23.8 Å². The minimum absolute atomic E-state index is 0.308. The molecule has 3 rings (SSSR count). The van der Waals surface area contributed by atoms with Crippen molar-refractivity contribution in [3.8, 4) is 17.0 Å². The van der Waals surface area contributed by atoms with Gasteiger partial charge < -0.3 is 9.47 Å². The van der Waals surface area contributed by atoms with Crippen LogP contribution in [-0.4, -0.2) is 36.9 Å². The maximum atomic E-state index is 11.9. The van der Waals surface area contributed by atoms with Crippen LogP contribution in [0.5, 0.6) is 5.75 Å². The summed E-state index contributed by atoms with van der Waals surface area (Å²) in [6.07, 6.45) is -3.61. The predicted molar refractivity (Wildman–Crippen MR) is 82.3 cm³/mol. The molecule has 2 heterocycles. The first-order valence-electron chi connectivity index (χ1n) is 7.07. The van der Waals surface area contributed by atoms with Crippen molar-refractivity contribution in [3.05, 3.63) is 29.1 Å². The number of anilines is 1. The number of carbonyl (C=O) groups is 1. The Morgan fingerprint density at radius 1 is 1.42 bits per heavy atom. The topological polar surface area (TPSA) is 60.5 Å². The first kappa shape index (κ1) is 16.7. The van der Waals surface area contributed by atoms with Gasteiger partial charge in [-0.15, -0.1) is 11.3 Å². The molecule has 1 aromatic heterocycles. The predicted octanol–water partition coefficient (Wildman–Crippen LogP) is 3.26. The molecule has 2 aromatic rings. The summed E-state index contributed by atoms with van der Waals surface area (Å²) in [6.45, 7) is -1.47. The Kier molecular flexibility index (Phi) is 4.72. The summed E-state index contributed by atoms with van der Waals surface area (Å²) in [4.78, 5) is 15.8. The number of nitrogens with one attached hydrogen (secondary N) is 1. The summed E-state index contributed by atoms with van der Waals surface area (Å²) in [5.74, 6) is 0.187. The van der Waals surface area contributed by atoms with Crippen LogP contribution < -0.4 is 10.1 Å². The minimum atomic E-state index is -4.45. The molecule has 0 spiro atoms. The number of amides is 1. The largest absolute Gasteiger partial charge is 0.493 e. The molecule has 0 atom stereocenters. The number of hydrogen-bond donors (Lipinski definition) is 1. The Hall–Kier alpha value is -2.13. The van der Waals surface area contributed by atoms with E-state index in [9.17, 15) is 18.0 Å². The number of alkyl halides is 3. The van der Waals surface area contributed by atoms with Crippen LogP contribution in [0.2, 0.25) is 0 Å². The maximum absolute atomic E-state index is 11.9. The van der Waals surface area contributed by atoms with Crippen LogP contribution in [0.25, 0.3) is 11.3 Å². The number of thiazole rings is 1. The fourth-order valence-electron chi connectivity index (χ4n) is 2.22. The van der Waals surface area contributed by atoms with Gasteiger partial charge in [0.05, 0.1) is 12.3 Å². The summed E-state index contributed by atoms with van der Waals surface area (Å²) in [7, 11) is 0. The van der Waals surface area contributed by atoms with Crippen LogP contribution in [0.3, 0.4) is 0 Å². The first-order valence-corrected chi connectivity index (χ1v) is 7.95. The molecule has 0 saturated carbocycles. The zero-order valence-electron chi connectivity index (χ0n) is 12.4. The van der Waals surface area contributed by atoms with Crippen molar-refractivity contribution in [3.63, 3.8) is 0 Å². The van der Waals surface area contributed by atoms with Gasteiger partial charge in [0.25, 0.3) is 5.91 Å². The molecule has 0 saturated heterocycles. The van der Waals surface area contributed by atoms with Crippen LogP contribution in [0.1, 0.15) is 5.56 Å². The highest BCUT2D eigenvalue weighted by Gasteiger charge is 2.27. The summed E-state index contributed by atoms with van der Waals surface area (Å²) >= 11 is 1.19. The lowest BCUT2D eigenvalue weighted by molar-refractivity contribution is -0.174. The molecule has 1 N–H and O–H groups in total. The van der Waals surface area contributed by atoms with Gasteiger partial charge in [0.15, 0.2) is 5.13 Å². The van der Waals surface area contributed by atoms with Crippen molar-refractivity contribution in [1.29, 1.82) is 0 Å². The number of nitrogens with zero attached hydrogens (tertiary/aromatic N) is 1. The van der Waals surface area contributed by atoms with Gasteiger partial charge in [-0.3, -0.25) is 10.1 Å². The molecular formula is C15H13F3N2O3S. The molecule has 5 nitrogen and oxygen atoms in total. The van der Waals surface area contributed by atoms with Crippen LogP contribution in [0.15, 0.2) is 23.6 Å². The van der Waals surface area contributed by atoms with E-state index in [0.717, 1.165) is 23.3 Å². The lowest BCUT2D eigenvalue weighted by Crippen LogP contribution is -2.23.